The van der Waals surface area contributed by atoms with Crippen molar-refractivity contribution >= 4 is 13.8 Å². The molecule has 69 heavy (non-hydrogen) atoms. The second-order valence-electron chi connectivity index (χ2n) is 21.0. The molecule has 0 aliphatic rings. The third-order valence-electron chi connectivity index (χ3n) is 12.9. The Kier molecular flexibility index (Phi) is 51.6. The molecule has 2 unspecified atom stereocenters. The molecule has 2 atom stereocenters. The van der Waals surface area contributed by atoms with Gasteiger partial charge in [-0.1, -0.05) is 262 Å². The molecule has 8 nitrogen and oxygen atoms in total. The summed E-state index contributed by atoms with van der Waals surface area (Å²) in [6, 6.07) is 0. The molecule has 406 valence electrons. The number of hydrogen-bond donors (Lipinski definition) is 1. The van der Waals surface area contributed by atoms with E-state index in [0.29, 0.717) is 24.1 Å². The van der Waals surface area contributed by atoms with E-state index in [9.17, 15) is 14.3 Å². The van der Waals surface area contributed by atoms with Gasteiger partial charge >= 0.3 is 13.8 Å². The van der Waals surface area contributed by atoms with Gasteiger partial charge in [0.1, 0.15) is 19.3 Å². The van der Waals surface area contributed by atoms with Gasteiger partial charge in [0.2, 0.25) is 0 Å². The molecule has 0 aromatic rings. The second kappa shape index (κ2) is 52.8. The van der Waals surface area contributed by atoms with Crippen LogP contribution in [0.2, 0.25) is 0 Å². The predicted octanol–water partition coefficient (Wildman–Crippen LogP) is 18.6. The molecular formula is C60H115NO7P+. The predicted molar refractivity (Wildman–Crippen MR) is 298 cm³/mol. The van der Waals surface area contributed by atoms with Gasteiger partial charge in [-0.3, -0.25) is 13.8 Å². The lowest BCUT2D eigenvalue weighted by Gasteiger charge is -2.24. The van der Waals surface area contributed by atoms with Crippen LogP contribution in [-0.4, -0.2) is 75.6 Å². The molecule has 0 saturated heterocycles. The number of allylic oxidation sites excluding steroid dienone is 8. The number of phosphoric ester groups is 1. The van der Waals surface area contributed by atoms with Crippen LogP contribution in [-0.2, 0) is 27.9 Å². The summed E-state index contributed by atoms with van der Waals surface area (Å²) in [6.45, 7) is 5.55. The van der Waals surface area contributed by atoms with Crippen LogP contribution in [0.15, 0.2) is 48.6 Å². The first-order chi connectivity index (χ1) is 33.6. The summed E-state index contributed by atoms with van der Waals surface area (Å²) in [5.74, 6) is -0.318. The fourth-order valence-corrected chi connectivity index (χ4v) is 9.17. The van der Waals surface area contributed by atoms with Crippen molar-refractivity contribution in [2.45, 2.75) is 277 Å². The largest absolute Gasteiger partial charge is 0.472 e. The number of nitrogens with zero attached hydrogens (tertiary/aromatic N) is 1. The number of unbranched alkanes of at least 4 members (excludes halogenated alkanes) is 33. The van der Waals surface area contributed by atoms with Gasteiger partial charge in [-0.25, -0.2) is 4.57 Å². The summed E-state index contributed by atoms with van der Waals surface area (Å²) in [6.07, 6.45) is 67.5. The molecular weight excluding hydrogens is 878 g/mol. The monoisotopic (exact) mass is 993 g/mol. The van der Waals surface area contributed by atoms with E-state index < -0.39 is 13.9 Å². The van der Waals surface area contributed by atoms with Crippen molar-refractivity contribution in [3.05, 3.63) is 48.6 Å². The Labute approximate surface area is 428 Å². The molecule has 0 radical (unpaired) electrons. The average molecular weight is 994 g/mol. The Balaban J connectivity index is 4.03. The number of quaternary nitrogens is 1. The van der Waals surface area contributed by atoms with Crippen molar-refractivity contribution < 1.29 is 37.3 Å². The van der Waals surface area contributed by atoms with Gasteiger partial charge in [-0.05, 0) is 51.4 Å². The summed E-state index contributed by atoms with van der Waals surface area (Å²) in [4.78, 5) is 23.1. The van der Waals surface area contributed by atoms with Crippen LogP contribution in [0, 0.1) is 0 Å². The lowest BCUT2D eigenvalue weighted by Crippen LogP contribution is -2.37. The zero-order valence-electron chi connectivity index (χ0n) is 46.3. The lowest BCUT2D eigenvalue weighted by atomic mass is 10.0. The van der Waals surface area contributed by atoms with Crippen molar-refractivity contribution in [3.8, 4) is 0 Å². The fraction of sp³-hybridized carbons (Fsp3) is 0.850. The SMILES string of the molecule is CC/C=C\C/C=C\C/C=C\C/C=C\CCCCCCCCCCC(=O)OC(COCCCCCCCCCCCCCCCCCCCCCCCCCCCC)COP(=O)(O)OCC[N+](C)(C)C. The smallest absolute Gasteiger partial charge is 0.457 e. The highest BCUT2D eigenvalue weighted by molar-refractivity contribution is 7.47. The topological polar surface area (TPSA) is 91.3 Å². The van der Waals surface area contributed by atoms with Crippen LogP contribution in [0.3, 0.4) is 0 Å². The van der Waals surface area contributed by atoms with Crippen molar-refractivity contribution in [1.29, 1.82) is 0 Å². The van der Waals surface area contributed by atoms with E-state index in [0.717, 1.165) is 64.2 Å². The van der Waals surface area contributed by atoms with Gasteiger partial charge in [0.25, 0.3) is 0 Å². The summed E-state index contributed by atoms with van der Waals surface area (Å²) < 4.78 is 35.3. The standard InChI is InChI=1S/C60H114NO7P/c1-6-8-10-12-14-16-18-20-22-24-26-28-29-30-31-32-34-36-38-40-42-44-46-48-50-52-55-65-57-59(58-67-69(63,64)66-56-54-61(3,4)5)68-60(62)53-51-49-47-45-43-41-39-37-35-33-27-25-23-21-19-17-15-13-11-9-7-2/h9,11,15,17,21,23,27,33,59H,6-8,10,12-14,16,18-20,22,24-26,28-32,34-58H2,1-5H3/p+1/b11-9-,17-15-,23-21-,33-27-. The number of phosphoric acid groups is 1. The highest BCUT2D eigenvalue weighted by Crippen LogP contribution is 2.43. The Morgan fingerprint density at radius 1 is 0.464 bits per heavy atom. The quantitative estimate of drug-likeness (QED) is 0.0213. The molecule has 0 heterocycles. The minimum atomic E-state index is -4.29. The van der Waals surface area contributed by atoms with Crippen molar-refractivity contribution in [2.75, 3.05) is 54.1 Å². The molecule has 0 saturated carbocycles. The van der Waals surface area contributed by atoms with E-state index in [1.807, 2.05) is 21.1 Å². The molecule has 0 aliphatic carbocycles. The highest BCUT2D eigenvalue weighted by atomic mass is 31.2. The summed E-state index contributed by atoms with van der Waals surface area (Å²) in [7, 11) is 1.67. The zero-order valence-corrected chi connectivity index (χ0v) is 47.2. The molecule has 0 amide bonds. The van der Waals surface area contributed by atoms with Gasteiger partial charge in [0, 0.05) is 13.0 Å². The van der Waals surface area contributed by atoms with Crippen molar-refractivity contribution in [3.63, 3.8) is 0 Å². The molecule has 0 fully saturated rings. The Morgan fingerprint density at radius 3 is 1.26 bits per heavy atom. The van der Waals surface area contributed by atoms with Crippen molar-refractivity contribution in [2.24, 2.45) is 0 Å². The molecule has 0 spiro atoms. The maximum absolute atomic E-state index is 12.8. The van der Waals surface area contributed by atoms with Gasteiger partial charge in [0.05, 0.1) is 34.4 Å². The first-order valence-corrected chi connectivity index (χ1v) is 30.9. The lowest BCUT2D eigenvalue weighted by molar-refractivity contribution is -0.870. The average Bonchev–Trinajstić information content (AvgIpc) is 3.31. The molecule has 1 N–H and O–H groups in total. The molecule has 0 aliphatic heterocycles. The molecule has 0 aromatic heterocycles. The van der Waals surface area contributed by atoms with E-state index in [4.69, 9.17) is 18.5 Å². The summed E-state index contributed by atoms with van der Waals surface area (Å²) in [5, 5.41) is 0. The minimum absolute atomic E-state index is 0.0872. The molecule has 0 aromatic carbocycles. The van der Waals surface area contributed by atoms with Crippen LogP contribution in [0.1, 0.15) is 271 Å². The van der Waals surface area contributed by atoms with Gasteiger partial charge < -0.3 is 18.9 Å². The van der Waals surface area contributed by atoms with E-state index >= 15 is 0 Å². The van der Waals surface area contributed by atoms with E-state index in [1.165, 1.54) is 186 Å². The Hall–Kier alpha value is -1.54. The van der Waals surface area contributed by atoms with E-state index in [2.05, 4.69) is 62.5 Å². The van der Waals surface area contributed by atoms with Gasteiger partial charge in [-0.15, -0.1) is 0 Å². The third kappa shape index (κ3) is 57.2. The Bertz CT molecular complexity index is 1240. The van der Waals surface area contributed by atoms with E-state index in [-0.39, 0.29) is 25.8 Å². The molecule has 0 bridgehead atoms. The van der Waals surface area contributed by atoms with Crippen LogP contribution >= 0.6 is 7.82 Å². The third-order valence-corrected chi connectivity index (χ3v) is 13.9. The van der Waals surface area contributed by atoms with E-state index in [1.54, 1.807) is 0 Å². The highest BCUT2D eigenvalue weighted by Gasteiger charge is 2.26. The first kappa shape index (κ1) is 67.5. The van der Waals surface area contributed by atoms with Crippen LogP contribution in [0.25, 0.3) is 0 Å². The summed E-state index contributed by atoms with van der Waals surface area (Å²) >= 11 is 0. The number of likely N-dealkylation sites (N-methyl/N-ethyl adjacent to an activating group) is 1. The number of ether oxygens (including phenoxy) is 2. The van der Waals surface area contributed by atoms with Crippen LogP contribution in [0.5, 0.6) is 0 Å². The zero-order chi connectivity index (χ0) is 50.5. The van der Waals surface area contributed by atoms with Crippen molar-refractivity contribution in [1.82, 2.24) is 0 Å². The number of rotatable bonds is 55. The maximum Gasteiger partial charge on any atom is 0.472 e. The minimum Gasteiger partial charge on any atom is -0.457 e. The van der Waals surface area contributed by atoms with Gasteiger partial charge in [-0.2, -0.15) is 0 Å². The normalized spacial score (nSPS) is 13.8. The fourth-order valence-electron chi connectivity index (χ4n) is 8.43. The Morgan fingerprint density at radius 2 is 0.841 bits per heavy atom. The summed E-state index contributed by atoms with van der Waals surface area (Å²) in [5.41, 5.74) is 0. The number of hydrogen-bond acceptors (Lipinski definition) is 6. The molecule has 0 rings (SSSR count). The number of carbonyl (C=O) groups excluding carboxylic acids is 1. The van der Waals surface area contributed by atoms with Crippen LogP contribution in [0.4, 0.5) is 0 Å². The number of esters is 1. The maximum atomic E-state index is 12.8. The van der Waals surface area contributed by atoms with Gasteiger partial charge in [0.15, 0.2) is 0 Å². The number of carbonyl (C=O) groups is 1. The van der Waals surface area contributed by atoms with Crippen LogP contribution < -0.4 is 0 Å². The first-order valence-electron chi connectivity index (χ1n) is 29.4. The second-order valence-corrected chi connectivity index (χ2v) is 22.5. The molecule has 9 heteroatoms.